The lowest BCUT2D eigenvalue weighted by Crippen LogP contribution is -2.49. The van der Waals surface area contributed by atoms with Crippen LogP contribution in [0.25, 0.3) is 10.9 Å². The predicted octanol–water partition coefficient (Wildman–Crippen LogP) is 4.90. The van der Waals surface area contributed by atoms with E-state index in [-0.39, 0.29) is 5.91 Å². The molecule has 0 N–H and O–H groups in total. The zero-order valence-electron chi connectivity index (χ0n) is 16.9. The van der Waals surface area contributed by atoms with Gasteiger partial charge in [-0.2, -0.15) is 0 Å². The molecule has 0 radical (unpaired) electrons. The Bertz CT molecular complexity index is 1210. The van der Waals surface area contributed by atoms with Gasteiger partial charge in [-0.05, 0) is 35.2 Å². The predicted molar refractivity (Wildman–Crippen MR) is 126 cm³/mol. The van der Waals surface area contributed by atoms with Crippen molar-refractivity contribution in [1.29, 1.82) is 0 Å². The quantitative estimate of drug-likeness (QED) is 0.445. The van der Waals surface area contributed by atoms with E-state index < -0.39 is 0 Å². The van der Waals surface area contributed by atoms with Gasteiger partial charge in [-0.15, -0.1) is 11.3 Å². The van der Waals surface area contributed by atoms with Gasteiger partial charge in [-0.3, -0.25) is 4.79 Å². The average Bonchev–Trinajstić information content (AvgIpc) is 3.34. The minimum atomic E-state index is 0.110. The Morgan fingerprint density at radius 2 is 1.77 bits per heavy atom. The van der Waals surface area contributed by atoms with Crippen molar-refractivity contribution in [2.45, 2.75) is 6.42 Å². The summed E-state index contributed by atoms with van der Waals surface area (Å²) in [4.78, 5) is 27.4. The highest BCUT2D eigenvalue weighted by atomic mass is 35.5. The van der Waals surface area contributed by atoms with E-state index in [4.69, 9.17) is 21.6 Å². The van der Waals surface area contributed by atoms with Crippen molar-refractivity contribution < 1.29 is 4.79 Å². The molecule has 1 aliphatic heterocycles. The van der Waals surface area contributed by atoms with E-state index >= 15 is 0 Å². The van der Waals surface area contributed by atoms with Gasteiger partial charge < -0.3 is 9.80 Å². The third kappa shape index (κ3) is 4.27. The zero-order valence-corrected chi connectivity index (χ0v) is 18.4. The molecule has 0 unspecified atom stereocenters. The number of carbonyl (C=O) groups excluding carboxylic acids is 1. The van der Waals surface area contributed by atoms with Crippen molar-refractivity contribution >= 4 is 45.6 Å². The number of aromatic nitrogens is 2. The summed E-state index contributed by atoms with van der Waals surface area (Å²) in [6, 6.07) is 19.8. The second kappa shape index (κ2) is 8.65. The van der Waals surface area contributed by atoms with Gasteiger partial charge in [-0.1, -0.05) is 48.0 Å². The number of piperazine rings is 1. The van der Waals surface area contributed by atoms with E-state index in [0.717, 1.165) is 40.5 Å². The van der Waals surface area contributed by atoms with E-state index in [2.05, 4.69) is 17.0 Å². The summed E-state index contributed by atoms with van der Waals surface area (Å²) in [5.74, 6) is 1.79. The van der Waals surface area contributed by atoms with Crippen molar-refractivity contribution in [3.8, 4) is 0 Å². The Kier molecular flexibility index (Phi) is 5.57. The first-order valence-corrected chi connectivity index (χ1v) is 11.5. The molecule has 0 aliphatic carbocycles. The molecule has 5 nitrogen and oxygen atoms in total. The van der Waals surface area contributed by atoms with Gasteiger partial charge in [0.25, 0.3) is 5.91 Å². The third-order valence-electron chi connectivity index (χ3n) is 5.49. The lowest BCUT2D eigenvalue weighted by Gasteiger charge is -2.35. The topological polar surface area (TPSA) is 49.3 Å². The molecule has 1 amide bonds. The summed E-state index contributed by atoms with van der Waals surface area (Å²) in [5.41, 5.74) is 2.02. The lowest BCUT2D eigenvalue weighted by molar-refractivity contribution is 0.0751. The third-order valence-corrected chi connectivity index (χ3v) is 6.58. The van der Waals surface area contributed by atoms with E-state index in [9.17, 15) is 4.79 Å². The number of hydrogen-bond donors (Lipinski definition) is 0. The van der Waals surface area contributed by atoms with Crippen molar-refractivity contribution in [3.05, 3.63) is 87.3 Å². The molecule has 4 aromatic rings. The molecule has 2 aromatic carbocycles. The first-order valence-electron chi connectivity index (χ1n) is 10.3. The molecule has 3 heterocycles. The SMILES string of the molecule is O=C(c1cccs1)N1CCN(c2nc(Cc3ccccc3)nc3cc(Cl)ccc23)CC1. The number of rotatable bonds is 4. The van der Waals surface area contributed by atoms with Gasteiger partial charge in [0.1, 0.15) is 11.6 Å². The molecule has 1 aliphatic rings. The number of amides is 1. The summed E-state index contributed by atoms with van der Waals surface area (Å²) in [6.45, 7) is 2.81. The van der Waals surface area contributed by atoms with Gasteiger partial charge in [0.2, 0.25) is 0 Å². The van der Waals surface area contributed by atoms with E-state index in [1.54, 1.807) is 0 Å². The number of carbonyl (C=O) groups is 1. The number of anilines is 1. The second-order valence-electron chi connectivity index (χ2n) is 7.54. The molecule has 2 aromatic heterocycles. The largest absolute Gasteiger partial charge is 0.352 e. The van der Waals surface area contributed by atoms with E-state index in [1.165, 1.54) is 16.9 Å². The van der Waals surface area contributed by atoms with Crippen LogP contribution < -0.4 is 4.90 Å². The Hall–Kier alpha value is -2.96. The molecule has 5 rings (SSSR count). The number of halogens is 1. The van der Waals surface area contributed by atoms with Crippen LogP contribution in [0.1, 0.15) is 21.1 Å². The normalized spacial score (nSPS) is 14.2. The number of benzene rings is 2. The summed E-state index contributed by atoms with van der Waals surface area (Å²) < 4.78 is 0. The van der Waals surface area contributed by atoms with Gasteiger partial charge in [0.15, 0.2) is 0 Å². The maximum absolute atomic E-state index is 12.7. The van der Waals surface area contributed by atoms with Crippen LogP contribution in [0.3, 0.4) is 0 Å². The summed E-state index contributed by atoms with van der Waals surface area (Å²) in [6.07, 6.45) is 0.660. The van der Waals surface area contributed by atoms with Gasteiger partial charge in [0, 0.05) is 43.0 Å². The highest BCUT2D eigenvalue weighted by Crippen LogP contribution is 2.28. The Balaban J connectivity index is 1.43. The first kappa shape index (κ1) is 20.0. The molecule has 0 atom stereocenters. The minimum Gasteiger partial charge on any atom is -0.352 e. The number of hydrogen-bond acceptors (Lipinski definition) is 5. The highest BCUT2D eigenvalue weighted by molar-refractivity contribution is 7.12. The molecule has 156 valence electrons. The van der Waals surface area contributed by atoms with E-state index in [0.29, 0.717) is 24.5 Å². The fourth-order valence-corrected chi connectivity index (χ4v) is 4.77. The maximum atomic E-state index is 12.7. The molecule has 31 heavy (non-hydrogen) atoms. The molecule has 1 fully saturated rings. The molecule has 1 saturated heterocycles. The van der Waals surface area contributed by atoms with Crippen LogP contribution in [0.4, 0.5) is 5.82 Å². The van der Waals surface area contributed by atoms with Gasteiger partial charge >= 0.3 is 0 Å². The van der Waals surface area contributed by atoms with Crippen molar-refractivity contribution in [1.82, 2.24) is 14.9 Å². The van der Waals surface area contributed by atoms with Crippen molar-refractivity contribution in [3.63, 3.8) is 0 Å². The fraction of sp³-hybridized carbons (Fsp3) is 0.208. The Morgan fingerprint density at radius 3 is 2.52 bits per heavy atom. The van der Waals surface area contributed by atoms with Crippen LogP contribution in [-0.2, 0) is 6.42 Å². The van der Waals surface area contributed by atoms with E-state index in [1.807, 2.05) is 58.8 Å². The number of thiophene rings is 1. The van der Waals surface area contributed by atoms with Crippen LogP contribution in [-0.4, -0.2) is 47.0 Å². The standard InChI is InChI=1S/C24H21ClN4OS/c25-18-8-9-19-20(16-18)26-22(15-17-5-2-1-3-6-17)27-23(19)28-10-12-29(13-11-28)24(30)21-7-4-14-31-21/h1-9,14,16H,10-13,15H2. The van der Waals surface area contributed by atoms with Crippen LogP contribution in [0.15, 0.2) is 66.0 Å². The van der Waals surface area contributed by atoms with Gasteiger partial charge in [0.05, 0.1) is 10.4 Å². The van der Waals surface area contributed by atoms with Crippen molar-refractivity contribution in [2.75, 3.05) is 31.1 Å². The minimum absolute atomic E-state index is 0.110. The van der Waals surface area contributed by atoms with Crippen LogP contribution in [0, 0.1) is 0 Å². The molecule has 0 bridgehead atoms. The molecule has 0 spiro atoms. The smallest absolute Gasteiger partial charge is 0.264 e. The first-order chi connectivity index (χ1) is 15.2. The molecule has 7 heteroatoms. The average molecular weight is 449 g/mol. The van der Waals surface area contributed by atoms with Gasteiger partial charge in [-0.25, -0.2) is 9.97 Å². The fourth-order valence-electron chi connectivity index (χ4n) is 3.91. The lowest BCUT2D eigenvalue weighted by atomic mass is 10.1. The number of fused-ring (bicyclic) bond motifs is 1. The maximum Gasteiger partial charge on any atom is 0.264 e. The summed E-state index contributed by atoms with van der Waals surface area (Å²) in [7, 11) is 0. The van der Waals surface area contributed by atoms with Crippen LogP contribution in [0.5, 0.6) is 0 Å². The molecular weight excluding hydrogens is 428 g/mol. The highest BCUT2D eigenvalue weighted by Gasteiger charge is 2.25. The van der Waals surface area contributed by atoms with Crippen molar-refractivity contribution in [2.24, 2.45) is 0 Å². The number of nitrogens with zero attached hydrogens (tertiary/aromatic N) is 4. The molecule has 0 saturated carbocycles. The summed E-state index contributed by atoms with van der Waals surface area (Å²) >= 11 is 7.74. The van der Waals surface area contributed by atoms with Crippen LogP contribution >= 0.6 is 22.9 Å². The monoisotopic (exact) mass is 448 g/mol. The Labute approximate surface area is 189 Å². The molecular formula is C24H21ClN4OS. The second-order valence-corrected chi connectivity index (χ2v) is 8.93. The summed E-state index contributed by atoms with van der Waals surface area (Å²) in [5, 5.41) is 3.59. The Morgan fingerprint density at radius 1 is 0.968 bits per heavy atom. The van der Waals surface area contributed by atoms with Crippen LogP contribution in [0.2, 0.25) is 5.02 Å². The zero-order chi connectivity index (χ0) is 21.2.